The Labute approximate surface area is 251 Å². The average Bonchev–Trinajstić information content (AvgIpc) is 2.95. The van der Waals surface area contributed by atoms with Crippen LogP contribution in [0.1, 0.15) is 43.9 Å². The smallest absolute Gasteiger partial charge is 0.264 e. The van der Waals surface area contributed by atoms with E-state index in [2.05, 4.69) is 21.2 Å². The highest BCUT2D eigenvalue weighted by Crippen LogP contribution is 2.34. The van der Waals surface area contributed by atoms with Gasteiger partial charge in [0.25, 0.3) is 10.0 Å². The molecule has 8 nitrogen and oxygen atoms in total. The van der Waals surface area contributed by atoms with Gasteiger partial charge < -0.3 is 15.0 Å². The van der Waals surface area contributed by atoms with Gasteiger partial charge in [0, 0.05) is 17.1 Å². The fraction of sp³-hybridized carbons (Fsp3) is 0.355. The molecule has 3 rings (SSSR count). The first-order valence-electron chi connectivity index (χ1n) is 13.5. The van der Waals surface area contributed by atoms with Crippen molar-refractivity contribution in [2.75, 3.05) is 18.0 Å². The molecule has 41 heavy (non-hydrogen) atoms. The molecule has 0 aliphatic heterocycles. The Hall–Kier alpha value is -3.37. The van der Waals surface area contributed by atoms with Gasteiger partial charge in [-0.3, -0.25) is 13.9 Å². The van der Waals surface area contributed by atoms with Crippen molar-refractivity contribution < 1.29 is 22.7 Å². The molecule has 0 aliphatic rings. The van der Waals surface area contributed by atoms with E-state index >= 15 is 0 Å². The van der Waals surface area contributed by atoms with E-state index in [1.807, 2.05) is 58.0 Å². The van der Waals surface area contributed by atoms with Crippen LogP contribution in [0, 0.1) is 13.8 Å². The second-order valence-corrected chi connectivity index (χ2v) is 12.9. The topological polar surface area (TPSA) is 96.0 Å². The Morgan fingerprint density at radius 3 is 2.15 bits per heavy atom. The van der Waals surface area contributed by atoms with E-state index in [1.165, 1.54) is 24.1 Å². The minimum atomic E-state index is -4.20. The van der Waals surface area contributed by atoms with Gasteiger partial charge in [0.05, 0.1) is 17.7 Å². The molecule has 3 aromatic rings. The highest BCUT2D eigenvalue weighted by Gasteiger charge is 2.34. The Morgan fingerprint density at radius 1 is 0.951 bits per heavy atom. The van der Waals surface area contributed by atoms with Crippen LogP contribution in [0.5, 0.6) is 5.75 Å². The fourth-order valence-electron chi connectivity index (χ4n) is 4.18. The van der Waals surface area contributed by atoms with Crippen LogP contribution in [0.4, 0.5) is 5.69 Å². The molecule has 0 saturated heterocycles. The third-order valence-electron chi connectivity index (χ3n) is 6.93. The van der Waals surface area contributed by atoms with Crippen LogP contribution >= 0.6 is 15.9 Å². The number of benzene rings is 3. The van der Waals surface area contributed by atoms with Gasteiger partial charge in [-0.1, -0.05) is 58.7 Å². The zero-order valence-electron chi connectivity index (χ0n) is 24.3. The minimum absolute atomic E-state index is 0.0430. The number of rotatable bonds is 12. The van der Waals surface area contributed by atoms with Crippen LogP contribution in [-0.2, 0) is 26.2 Å². The summed E-state index contributed by atoms with van der Waals surface area (Å²) >= 11 is 3.42. The van der Waals surface area contributed by atoms with Crippen molar-refractivity contribution in [2.24, 2.45) is 0 Å². The SMILES string of the molecule is CCC(C)NC(=O)C(C)N(Cc1ccc(Br)cc1)C(=O)CN(c1cc(C)ccc1OC)S(=O)(=O)c1ccc(C)cc1. The summed E-state index contributed by atoms with van der Waals surface area (Å²) in [6, 6.07) is 18.1. The van der Waals surface area contributed by atoms with Gasteiger partial charge in [0.1, 0.15) is 18.3 Å². The summed E-state index contributed by atoms with van der Waals surface area (Å²) in [6.45, 7) is 8.79. The number of sulfonamides is 1. The number of nitrogens with one attached hydrogen (secondary N) is 1. The van der Waals surface area contributed by atoms with Crippen molar-refractivity contribution >= 4 is 43.5 Å². The molecule has 0 aliphatic carbocycles. The highest BCUT2D eigenvalue weighted by molar-refractivity contribution is 9.10. The van der Waals surface area contributed by atoms with Crippen molar-refractivity contribution in [3.63, 3.8) is 0 Å². The summed E-state index contributed by atoms with van der Waals surface area (Å²) in [7, 11) is -2.74. The first kappa shape index (κ1) is 32.1. The highest BCUT2D eigenvalue weighted by atomic mass is 79.9. The van der Waals surface area contributed by atoms with E-state index in [0.717, 1.165) is 31.9 Å². The van der Waals surface area contributed by atoms with Gasteiger partial charge in [-0.05, 0) is 81.6 Å². The number of ether oxygens (including phenoxy) is 1. The molecule has 10 heteroatoms. The van der Waals surface area contributed by atoms with E-state index in [0.29, 0.717) is 5.75 Å². The molecule has 0 fully saturated rings. The quantitative estimate of drug-likeness (QED) is 0.277. The number of carbonyl (C=O) groups excluding carboxylic acids is 2. The van der Waals surface area contributed by atoms with Gasteiger partial charge in [0.15, 0.2) is 0 Å². The molecular weight excluding hydrogens is 606 g/mol. The lowest BCUT2D eigenvalue weighted by atomic mass is 10.1. The third kappa shape index (κ3) is 8.10. The predicted octanol–water partition coefficient (Wildman–Crippen LogP) is 5.60. The number of nitrogens with zero attached hydrogens (tertiary/aromatic N) is 2. The molecular formula is C31H38BrN3O5S. The standard InChI is InChI=1S/C31H38BrN3O5S/c1-7-23(4)33-31(37)24(5)34(19-25-11-13-26(32)14-12-25)30(36)20-35(28-18-22(3)10-17-29(28)40-6)41(38,39)27-15-8-21(2)9-16-27/h8-18,23-24H,7,19-20H2,1-6H3,(H,33,37). The summed E-state index contributed by atoms with van der Waals surface area (Å²) in [5, 5.41) is 2.94. The van der Waals surface area contributed by atoms with Gasteiger partial charge in [-0.25, -0.2) is 8.42 Å². The average molecular weight is 645 g/mol. The normalized spacial score (nSPS) is 12.8. The minimum Gasteiger partial charge on any atom is -0.495 e. The predicted molar refractivity (Wildman–Crippen MR) is 165 cm³/mol. The summed E-state index contributed by atoms with van der Waals surface area (Å²) in [4.78, 5) is 28.8. The van der Waals surface area contributed by atoms with Gasteiger partial charge in [-0.15, -0.1) is 0 Å². The lowest BCUT2D eigenvalue weighted by Crippen LogP contribution is -2.52. The second-order valence-electron chi connectivity index (χ2n) is 10.1. The fourth-order valence-corrected chi connectivity index (χ4v) is 5.86. The maximum absolute atomic E-state index is 14.1. The Morgan fingerprint density at radius 2 is 1.56 bits per heavy atom. The molecule has 0 aromatic heterocycles. The molecule has 0 saturated carbocycles. The number of aryl methyl sites for hydroxylation is 2. The van der Waals surface area contributed by atoms with E-state index in [-0.39, 0.29) is 29.1 Å². The Bertz CT molecular complexity index is 1460. The van der Waals surface area contributed by atoms with Crippen LogP contribution in [-0.4, -0.2) is 50.9 Å². The maximum atomic E-state index is 14.1. The molecule has 0 bridgehead atoms. The molecule has 3 aromatic carbocycles. The molecule has 2 atom stereocenters. The number of hydrogen-bond acceptors (Lipinski definition) is 5. The van der Waals surface area contributed by atoms with E-state index in [9.17, 15) is 18.0 Å². The van der Waals surface area contributed by atoms with E-state index in [4.69, 9.17) is 4.74 Å². The zero-order chi connectivity index (χ0) is 30.3. The maximum Gasteiger partial charge on any atom is 0.264 e. The number of carbonyl (C=O) groups is 2. The van der Waals surface area contributed by atoms with E-state index in [1.54, 1.807) is 31.2 Å². The van der Waals surface area contributed by atoms with Gasteiger partial charge in [0.2, 0.25) is 11.8 Å². The summed E-state index contributed by atoms with van der Waals surface area (Å²) in [5.74, 6) is -0.536. The number of anilines is 1. The second kappa shape index (κ2) is 14.0. The van der Waals surface area contributed by atoms with Crippen molar-refractivity contribution in [1.82, 2.24) is 10.2 Å². The lowest BCUT2D eigenvalue weighted by Gasteiger charge is -2.33. The molecule has 1 N–H and O–H groups in total. The first-order valence-corrected chi connectivity index (χ1v) is 15.7. The number of halogens is 1. The monoisotopic (exact) mass is 643 g/mol. The summed E-state index contributed by atoms with van der Waals surface area (Å²) in [6.07, 6.45) is 0.731. The van der Waals surface area contributed by atoms with Crippen molar-refractivity contribution in [1.29, 1.82) is 0 Å². The first-order chi connectivity index (χ1) is 19.4. The number of methoxy groups -OCH3 is 1. The molecule has 2 amide bonds. The molecule has 0 spiro atoms. The van der Waals surface area contributed by atoms with Crippen LogP contribution in [0.3, 0.4) is 0 Å². The van der Waals surface area contributed by atoms with Gasteiger partial charge >= 0.3 is 0 Å². The lowest BCUT2D eigenvalue weighted by molar-refractivity contribution is -0.139. The zero-order valence-corrected chi connectivity index (χ0v) is 26.8. The van der Waals surface area contributed by atoms with Crippen molar-refractivity contribution in [3.8, 4) is 5.75 Å². The van der Waals surface area contributed by atoms with Crippen molar-refractivity contribution in [2.45, 2.75) is 64.6 Å². The van der Waals surface area contributed by atoms with E-state index < -0.39 is 28.5 Å². The Balaban J connectivity index is 2.09. The van der Waals surface area contributed by atoms with Crippen LogP contribution in [0.2, 0.25) is 0 Å². The summed E-state index contributed by atoms with van der Waals surface area (Å²) in [5.41, 5.74) is 2.74. The largest absolute Gasteiger partial charge is 0.495 e. The third-order valence-corrected chi connectivity index (χ3v) is 9.23. The molecule has 2 unspecified atom stereocenters. The van der Waals surface area contributed by atoms with Crippen LogP contribution in [0.15, 0.2) is 76.1 Å². The number of hydrogen-bond donors (Lipinski definition) is 1. The Kier molecular flexibility index (Phi) is 11.0. The van der Waals surface area contributed by atoms with Gasteiger partial charge in [-0.2, -0.15) is 0 Å². The molecule has 0 heterocycles. The molecule has 220 valence electrons. The van der Waals surface area contributed by atoms with Crippen LogP contribution in [0.25, 0.3) is 0 Å². The van der Waals surface area contributed by atoms with Crippen molar-refractivity contribution in [3.05, 3.63) is 87.9 Å². The van der Waals surface area contributed by atoms with Crippen LogP contribution < -0.4 is 14.4 Å². The molecule has 0 radical (unpaired) electrons. The number of amides is 2. The summed E-state index contributed by atoms with van der Waals surface area (Å²) < 4.78 is 35.6.